The number of hydrogen-bond donors (Lipinski definition) is 3. The van der Waals surface area contributed by atoms with Crippen LogP contribution >= 0.6 is 11.3 Å². The van der Waals surface area contributed by atoms with Crippen LogP contribution in [0.3, 0.4) is 0 Å². The molecule has 0 aliphatic carbocycles. The highest BCUT2D eigenvalue weighted by atomic mass is 32.1. The van der Waals surface area contributed by atoms with Gasteiger partial charge < -0.3 is 15.2 Å². The van der Waals surface area contributed by atoms with Crippen molar-refractivity contribution in [2.24, 2.45) is 0 Å². The van der Waals surface area contributed by atoms with E-state index in [1.807, 2.05) is 48.5 Å². The van der Waals surface area contributed by atoms with Crippen molar-refractivity contribution in [3.8, 4) is 28.1 Å². The van der Waals surface area contributed by atoms with Crippen molar-refractivity contribution >= 4 is 33.2 Å². The van der Waals surface area contributed by atoms with Crippen LogP contribution in [-0.4, -0.2) is 26.9 Å². The Bertz CT molecular complexity index is 1460. The number of aromatic nitrogens is 1. The van der Waals surface area contributed by atoms with Gasteiger partial charge in [0.2, 0.25) is 5.78 Å². The fraction of sp³-hybridized carbons (Fsp3) is 0. The number of carboxylic acid groups (broad SMARTS) is 1. The molecule has 0 amide bonds. The van der Waals surface area contributed by atoms with Crippen LogP contribution in [0.15, 0.2) is 85.1 Å². The van der Waals surface area contributed by atoms with Crippen molar-refractivity contribution in [3.63, 3.8) is 0 Å². The zero-order valence-corrected chi connectivity index (χ0v) is 17.5. The highest BCUT2D eigenvalue weighted by molar-refractivity contribution is 7.21. The third-order valence-electron chi connectivity index (χ3n) is 5.33. The van der Waals surface area contributed by atoms with Crippen LogP contribution in [0.2, 0.25) is 0 Å². The van der Waals surface area contributed by atoms with Crippen LogP contribution in [0.4, 0.5) is 0 Å². The summed E-state index contributed by atoms with van der Waals surface area (Å²) < 4.78 is 0.832. The van der Waals surface area contributed by atoms with Gasteiger partial charge in [0.05, 0.1) is 10.4 Å². The molecule has 6 heteroatoms. The summed E-state index contributed by atoms with van der Waals surface area (Å²) in [6.45, 7) is 0. The Balaban J connectivity index is 1.62. The van der Waals surface area contributed by atoms with Crippen molar-refractivity contribution in [2.75, 3.05) is 0 Å². The molecule has 0 saturated heterocycles. The first kappa shape index (κ1) is 19.8. The summed E-state index contributed by atoms with van der Waals surface area (Å²) in [7, 11) is 0. The summed E-state index contributed by atoms with van der Waals surface area (Å²) >= 11 is 1.36. The van der Waals surface area contributed by atoms with Gasteiger partial charge in [0, 0.05) is 33.1 Å². The second-order valence-corrected chi connectivity index (χ2v) is 8.42. The maximum Gasteiger partial charge on any atom is 0.337 e. The highest BCUT2D eigenvalue weighted by Gasteiger charge is 2.21. The van der Waals surface area contributed by atoms with Crippen molar-refractivity contribution < 1.29 is 19.8 Å². The summed E-state index contributed by atoms with van der Waals surface area (Å²) in [5.74, 6) is -0.901. The van der Waals surface area contributed by atoms with E-state index in [0.29, 0.717) is 16.1 Å². The van der Waals surface area contributed by atoms with E-state index in [1.165, 1.54) is 17.5 Å². The normalized spacial score (nSPS) is 11.0. The summed E-state index contributed by atoms with van der Waals surface area (Å²) in [6.07, 6.45) is 1.46. The van der Waals surface area contributed by atoms with E-state index >= 15 is 0 Å². The van der Waals surface area contributed by atoms with E-state index in [0.717, 1.165) is 26.8 Å². The summed E-state index contributed by atoms with van der Waals surface area (Å²) in [5.41, 5.74) is 4.04. The van der Waals surface area contributed by atoms with E-state index in [-0.39, 0.29) is 17.1 Å². The average Bonchev–Trinajstić information content (AvgIpc) is 3.44. The molecule has 0 saturated carbocycles. The van der Waals surface area contributed by atoms with Crippen LogP contribution in [0, 0.1) is 0 Å². The lowest BCUT2D eigenvalue weighted by molar-refractivity contribution is 0.0697. The Morgan fingerprint density at radius 2 is 1.53 bits per heavy atom. The maximum atomic E-state index is 13.3. The van der Waals surface area contributed by atoms with E-state index in [2.05, 4.69) is 4.98 Å². The van der Waals surface area contributed by atoms with Crippen LogP contribution in [0.25, 0.3) is 32.5 Å². The quantitative estimate of drug-likeness (QED) is 0.285. The Morgan fingerprint density at radius 3 is 2.22 bits per heavy atom. The zero-order chi connectivity index (χ0) is 22.2. The molecule has 0 spiro atoms. The van der Waals surface area contributed by atoms with Gasteiger partial charge >= 0.3 is 5.97 Å². The number of nitrogens with one attached hydrogen (secondary N) is 1. The molecular weight excluding hydrogens is 422 g/mol. The number of hydrogen-bond acceptors (Lipinski definition) is 4. The Morgan fingerprint density at radius 1 is 0.812 bits per heavy atom. The van der Waals surface area contributed by atoms with Crippen molar-refractivity contribution in [2.45, 2.75) is 0 Å². The van der Waals surface area contributed by atoms with E-state index in [4.69, 9.17) is 5.11 Å². The number of benzene rings is 3. The topological polar surface area (TPSA) is 90.4 Å². The third kappa shape index (κ3) is 3.46. The second kappa shape index (κ2) is 7.83. The molecule has 5 nitrogen and oxygen atoms in total. The molecular formula is C26H17NO4S. The molecule has 5 aromatic rings. The number of phenolic OH excluding ortho intramolecular Hbond substituents is 1. The van der Waals surface area contributed by atoms with Crippen molar-refractivity contribution in [3.05, 3.63) is 101 Å². The SMILES string of the molecule is O=C(O)c1c[nH]c(-c2ccc(-c3c(C(=O)c4ccccc4)sc4cc(O)ccc34)cc2)c1. The van der Waals surface area contributed by atoms with Gasteiger partial charge in [-0.2, -0.15) is 0 Å². The predicted molar refractivity (Wildman–Crippen MR) is 126 cm³/mol. The smallest absolute Gasteiger partial charge is 0.337 e. The highest BCUT2D eigenvalue weighted by Crippen LogP contribution is 2.41. The molecule has 0 bridgehead atoms. The molecule has 2 heterocycles. The fourth-order valence-corrected chi connectivity index (χ4v) is 4.97. The number of H-pyrrole nitrogens is 1. The molecule has 3 N–H and O–H groups in total. The van der Waals surface area contributed by atoms with Gasteiger partial charge in [-0.3, -0.25) is 4.79 Å². The van der Waals surface area contributed by atoms with Crippen LogP contribution in [0.1, 0.15) is 25.6 Å². The molecule has 32 heavy (non-hydrogen) atoms. The minimum absolute atomic E-state index is 0.0687. The standard InChI is InChI=1S/C26H17NO4S/c28-19-10-11-20-22(13-19)32-25(24(29)17-4-2-1-3-5-17)23(20)16-8-6-15(7-9-16)21-12-18(14-27-21)26(30)31/h1-14,27-28H,(H,30,31). The number of phenols is 1. The zero-order valence-electron chi connectivity index (χ0n) is 16.7. The largest absolute Gasteiger partial charge is 0.508 e. The number of thiophene rings is 1. The van der Waals surface area contributed by atoms with Crippen LogP contribution in [0.5, 0.6) is 5.75 Å². The lowest BCUT2D eigenvalue weighted by Crippen LogP contribution is -2.00. The number of carbonyl (C=O) groups is 2. The number of aromatic carboxylic acids is 1. The number of rotatable bonds is 5. The Kier molecular flexibility index (Phi) is 4.84. The van der Waals surface area contributed by atoms with E-state index in [1.54, 1.807) is 30.3 Å². The molecule has 0 radical (unpaired) electrons. The molecule has 0 atom stereocenters. The number of ketones is 1. The van der Waals surface area contributed by atoms with Gasteiger partial charge in [0.1, 0.15) is 5.75 Å². The second-order valence-electron chi connectivity index (χ2n) is 7.37. The lowest BCUT2D eigenvalue weighted by atomic mass is 9.97. The van der Waals surface area contributed by atoms with Crippen LogP contribution in [-0.2, 0) is 0 Å². The summed E-state index contributed by atoms with van der Waals surface area (Å²) in [6, 6.07) is 23.5. The number of aromatic amines is 1. The first-order chi connectivity index (χ1) is 15.5. The molecule has 0 fully saturated rings. The molecule has 0 unspecified atom stereocenters. The van der Waals surface area contributed by atoms with Gasteiger partial charge in [-0.1, -0.05) is 54.6 Å². The van der Waals surface area contributed by atoms with Gasteiger partial charge in [0.15, 0.2) is 0 Å². The lowest BCUT2D eigenvalue weighted by Gasteiger charge is -2.07. The molecule has 3 aromatic carbocycles. The Labute approximate surface area is 187 Å². The molecule has 156 valence electrons. The first-order valence-electron chi connectivity index (χ1n) is 9.89. The van der Waals surface area contributed by atoms with Crippen molar-refractivity contribution in [1.29, 1.82) is 0 Å². The summed E-state index contributed by atoms with van der Waals surface area (Å²) in [4.78, 5) is 28.1. The molecule has 0 aliphatic heterocycles. The Hall–Kier alpha value is -4.16. The third-order valence-corrected chi connectivity index (χ3v) is 6.48. The monoisotopic (exact) mass is 439 g/mol. The maximum absolute atomic E-state index is 13.3. The average molecular weight is 439 g/mol. The van der Waals surface area contributed by atoms with Gasteiger partial charge in [-0.05, 0) is 35.4 Å². The van der Waals surface area contributed by atoms with Crippen molar-refractivity contribution in [1.82, 2.24) is 4.98 Å². The van der Waals surface area contributed by atoms with E-state index < -0.39 is 5.97 Å². The minimum atomic E-state index is -0.985. The summed E-state index contributed by atoms with van der Waals surface area (Å²) in [5, 5.41) is 20.0. The number of aromatic hydroxyl groups is 1. The van der Waals surface area contributed by atoms with Gasteiger partial charge in [-0.15, -0.1) is 11.3 Å². The predicted octanol–water partition coefficient (Wildman–Crippen LogP) is 6.20. The number of carbonyl (C=O) groups excluding carboxylic acids is 1. The van der Waals surface area contributed by atoms with E-state index in [9.17, 15) is 14.7 Å². The molecule has 5 rings (SSSR count). The van der Waals surface area contributed by atoms with Gasteiger partial charge in [-0.25, -0.2) is 4.79 Å². The minimum Gasteiger partial charge on any atom is -0.508 e. The molecule has 2 aromatic heterocycles. The first-order valence-corrected chi connectivity index (χ1v) is 10.7. The number of fused-ring (bicyclic) bond motifs is 1. The fourth-order valence-electron chi connectivity index (χ4n) is 3.75. The van der Waals surface area contributed by atoms with Crippen LogP contribution < -0.4 is 0 Å². The molecule has 0 aliphatic rings. The number of carboxylic acids is 1. The van der Waals surface area contributed by atoms with Gasteiger partial charge in [0.25, 0.3) is 0 Å².